The van der Waals surface area contributed by atoms with E-state index in [0.717, 1.165) is 12.1 Å². The highest BCUT2D eigenvalue weighted by atomic mass is 19.1. The number of phenolic OH excluding ortho intramolecular Hbond substituents is 1. The van der Waals surface area contributed by atoms with Gasteiger partial charge in [-0.25, -0.2) is 8.78 Å². The van der Waals surface area contributed by atoms with Crippen molar-refractivity contribution >= 4 is 11.9 Å². The highest BCUT2D eigenvalue weighted by molar-refractivity contribution is 6.06. The molecule has 0 saturated heterocycles. The number of halogens is 2. The lowest BCUT2D eigenvalue weighted by Gasteiger charge is -1.98. The maximum Gasteiger partial charge on any atom is 0.185 e. The topological polar surface area (TPSA) is 37.3 Å². The van der Waals surface area contributed by atoms with Crippen LogP contribution in [0.1, 0.15) is 15.9 Å². The fourth-order valence-corrected chi connectivity index (χ4v) is 1.52. The van der Waals surface area contributed by atoms with E-state index >= 15 is 0 Å². The Kier molecular flexibility index (Phi) is 3.71. The molecule has 0 spiro atoms. The summed E-state index contributed by atoms with van der Waals surface area (Å²) in [6.45, 7) is 0. The molecule has 0 amide bonds. The number of carbonyl (C=O) groups is 1. The van der Waals surface area contributed by atoms with Crippen LogP contribution in [0.2, 0.25) is 0 Å². The molecule has 96 valence electrons. The van der Waals surface area contributed by atoms with Gasteiger partial charge in [0.2, 0.25) is 0 Å². The molecule has 0 fully saturated rings. The zero-order valence-electron chi connectivity index (χ0n) is 9.81. The van der Waals surface area contributed by atoms with Crippen molar-refractivity contribution < 1.29 is 18.7 Å². The van der Waals surface area contributed by atoms with Gasteiger partial charge in [-0.1, -0.05) is 0 Å². The maximum absolute atomic E-state index is 13.3. The van der Waals surface area contributed by atoms with Crippen LogP contribution < -0.4 is 0 Å². The highest BCUT2D eigenvalue weighted by Crippen LogP contribution is 2.13. The summed E-state index contributed by atoms with van der Waals surface area (Å²) in [4.78, 5) is 11.7. The molecule has 0 saturated carbocycles. The molecule has 0 bridgehead atoms. The second kappa shape index (κ2) is 5.44. The molecule has 0 aliphatic heterocycles. The fourth-order valence-electron chi connectivity index (χ4n) is 1.52. The van der Waals surface area contributed by atoms with E-state index in [-0.39, 0.29) is 17.1 Å². The van der Waals surface area contributed by atoms with Gasteiger partial charge in [-0.2, -0.15) is 0 Å². The van der Waals surface area contributed by atoms with Crippen LogP contribution in [0.5, 0.6) is 5.75 Å². The Morgan fingerprint density at radius 3 is 2.37 bits per heavy atom. The molecule has 2 aromatic carbocycles. The lowest BCUT2D eigenvalue weighted by atomic mass is 10.1. The quantitative estimate of drug-likeness (QED) is 0.676. The van der Waals surface area contributed by atoms with E-state index in [1.807, 2.05) is 0 Å². The molecule has 0 aromatic heterocycles. The van der Waals surface area contributed by atoms with Crippen molar-refractivity contribution in [1.29, 1.82) is 0 Å². The van der Waals surface area contributed by atoms with Gasteiger partial charge in [-0.3, -0.25) is 4.79 Å². The summed E-state index contributed by atoms with van der Waals surface area (Å²) >= 11 is 0. The highest BCUT2D eigenvalue weighted by Gasteiger charge is 2.03. The van der Waals surface area contributed by atoms with Gasteiger partial charge in [0.1, 0.15) is 17.4 Å². The first kappa shape index (κ1) is 13.0. The van der Waals surface area contributed by atoms with Crippen LogP contribution in [0.4, 0.5) is 8.78 Å². The number of hydrogen-bond acceptors (Lipinski definition) is 2. The number of hydrogen-bond donors (Lipinski definition) is 1. The molecule has 0 aliphatic carbocycles. The van der Waals surface area contributed by atoms with Gasteiger partial charge in [-0.15, -0.1) is 0 Å². The van der Waals surface area contributed by atoms with Crippen molar-refractivity contribution in [2.24, 2.45) is 0 Å². The monoisotopic (exact) mass is 260 g/mol. The molecular formula is C15H10F2O2. The average Bonchev–Trinajstić information content (AvgIpc) is 2.38. The van der Waals surface area contributed by atoms with E-state index in [0.29, 0.717) is 5.56 Å². The SMILES string of the molecule is O=C(C=Cc1ccc(F)cc1F)c1ccc(O)cc1. The Labute approximate surface area is 108 Å². The third-order valence-electron chi connectivity index (χ3n) is 2.53. The van der Waals surface area contributed by atoms with Crippen LogP contribution in [-0.4, -0.2) is 10.9 Å². The number of phenols is 1. The molecule has 1 N–H and O–H groups in total. The van der Waals surface area contributed by atoms with Crippen molar-refractivity contribution in [3.8, 4) is 5.75 Å². The third-order valence-corrected chi connectivity index (χ3v) is 2.53. The van der Waals surface area contributed by atoms with Crippen molar-refractivity contribution in [3.05, 3.63) is 71.3 Å². The van der Waals surface area contributed by atoms with Crippen LogP contribution in [-0.2, 0) is 0 Å². The van der Waals surface area contributed by atoms with Gasteiger partial charge < -0.3 is 5.11 Å². The third kappa shape index (κ3) is 3.25. The fraction of sp³-hybridized carbons (Fsp3) is 0. The first-order valence-electron chi connectivity index (χ1n) is 5.53. The van der Waals surface area contributed by atoms with Crippen LogP contribution in [0.3, 0.4) is 0 Å². The lowest BCUT2D eigenvalue weighted by molar-refractivity contribution is 0.104. The number of aromatic hydroxyl groups is 1. The molecule has 2 rings (SSSR count). The Morgan fingerprint density at radius 2 is 1.74 bits per heavy atom. The summed E-state index contributed by atoms with van der Waals surface area (Å²) in [6, 6.07) is 8.83. The second-order valence-corrected chi connectivity index (χ2v) is 3.91. The molecule has 0 heterocycles. The minimum absolute atomic E-state index is 0.0603. The number of carbonyl (C=O) groups excluding carboxylic acids is 1. The molecule has 2 aromatic rings. The van der Waals surface area contributed by atoms with Crippen molar-refractivity contribution in [2.75, 3.05) is 0 Å². The molecular weight excluding hydrogens is 250 g/mol. The summed E-state index contributed by atoms with van der Waals surface area (Å²) in [5.41, 5.74) is 0.505. The second-order valence-electron chi connectivity index (χ2n) is 3.91. The first-order chi connectivity index (χ1) is 9.06. The lowest BCUT2D eigenvalue weighted by Crippen LogP contribution is -1.93. The standard InChI is InChI=1S/C15H10F2O2/c16-12-5-1-10(14(17)9-12)4-8-15(19)11-2-6-13(18)7-3-11/h1-9,18H. The molecule has 0 unspecified atom stereocenters. The normalized spacial score (nSPS) is 10.8. The van der Waals surface area contributed by atoms with Gasteiger partial charge in [0, 0.05) is 17.2 Å². The van der Waals surface area contributed by atoms with E-state index < -0.39 is 11.6 Å². The number of ketones is 1. The van der Waals surface area contributed by atoms with Crippen molar-refractivity contribution in [3.63, 3.8) is 0 Å². The van der Waals surface area contributed by atoms with Gasteiger partial charge >= 0.3 is 0 Å². The minimum Gasteiger partial charge on any atom is -0.508 e. The number of allylic oxidation sites excluding steroid dienone is 1. The van der Waals surface area contributed by atoms with Crippen LogP contribution in [0, 0.1) is 11.6 Å². The Morgan fingerprint density at radius 1 is 1.05 bits per heavy atom. The molecule has 4 heteroatoms. The van der Waals surface area contributed by atoms with E-state index in [1.54, 1.807) is 0 Å². The minimum atomic E-state index is -0.727. The zero-order chi connectivity index (χ0) is 13.8. The van der Waals surface area contributed by atoms with Gasteiger partial charge in [0.15, 0.2) is 5.78 Å². The van der Waals surface area contributed by atoms with E-state index in [2.05, 4.69) is 0 Å². The van der Waals surface area contributed by atoms with Crippen LogP contribution in [0.15, 0.2) is 48.5 Å². The zero-order valence-corrected chi connectivity index (χ0v) is 9.81. The smallest absolute Gasteiger partial charge is 0.185 e. The Bertz CT molecular complexity index is 631. The Balaban J connectivity index is 2.18. The summed E-state index contributed by atoms with van der Waals surface area (Å²) in [5.74, 6) is -1.66. The van der Waals surface area contributed by atoms with Gasteiger partial charge in [0.05, 0.1) is 0 Å². The van der Waals surface area contributed by atoms with Crippen LogP contribution in [0.25, 0.3) is 6.08 Å². The largest absolute Gasteiger partial charge is 0.508 e. The predicted molar refractivity (Wildman–Crippen MR) is 67.8 cm³/mol. The summed E-state index contributed by atoms with van der Waals surface area (Å²) in [7, 11) is 0. The summed E-state index contributed by atoms with van der Waals surface area (Å²) < 4.78 is 26.0. The van der Waals surface area contributed by atoms with Crippen molar-refractivity contribution in [1.82, 2.24) is 0 Å². The number of rotatable bonds is 3. The average molecular weight is 260 g/mol. The predicted octanol–water partition coefficient (Wildman–Crippen LogP) is 3.57. The molecule has 2 nitrogen and oxygen atoms in total. The van der Waals surface area contributed by atoms with Crippen molar-refractivity contribution in [2.45, 2.75) is 0 Å². The number of benzene rings is 2. The summed E-state index contributed by atoms with van der Waals surface area (Å²) in [6.07, 6.45) is 2.48. The van der Waals surface area contributed by atoms with E-state index in [4.69, 9.17) is 5.11 Å². The van der Waals surface area contributed by atoms with E-state index in [9.17, 15) is 13.6 Å². The maximum atomic E-state index is 13.3. The first-order valence-corrected chi connectivity index (χ1v) is 5.53. The molecule has 19 heavy (non-hydrogen) atoms. The molecule has 0 radical (unpaired) electrons. The summed E-state index contributed by atoms with van der Waals surface area (Å²) in [5, 5.41) is 9.09. The molecule has 0 atom stereocenters. The van der Waals surface area contributed by atoms with Gasteiger partial charge in [0.25, 0.3) is 0 Å². The van der Waals surface area contributed by atoms with Crippen LogP contribution >= 0.6 is 0 Å². The molecule has 0 aliphatic rings. The Hall–Kier alpha value is -2.49. The van der Waals surface area contributed by atoms with Gasteiger partial charge in [-0.05, 0) is 48.6 Å². The van der Waals surface area contributed by atoms with E-state index in [1.165, 1.54) is 42.5 Å².